The van der Waals surface area contributed by atoms with Crippen LogP contribution in [0.4, 0.5) is 0 Å². The SMILES string of the molecule is COC(=O)CCC/C=C\C[C@H]1C(=O)C(C)(C)[C@@H](O)[C@@H]1/C=C/[C@H](O)CC/C=C(\Cl)c1ccccc1S. The Morgan fingerprint density at radius 1 is 1.26 bits per heavy atom. The first kappa shape index (κ1) is 29.4. The molecular weight excluding hydrogens is 484 g/mol. The Hall–Kier alpha value is -1.86. The minimum Gasteiger partial charge on any atom is -0.469 e. The van der Waals surface area contributed by atoms with Crippen molar-refractivity contribution in [1.29, 1.82) is 0 Å². The molecule has 0 heterocycles. The number of thiol groups is 1. The van der Waals surface area contributed by atoms with Gasteiger partial charge in [0.15, 0.2) is 0 Å². The number of hydrogen-bond acceptors (Lipinski definition) is 6. The van der Waals surface area contributed by atoms with Gasteiger partial charge in [0.25, 0.3) is 0 Å². The number of unbranched alkanes of at least 4 members (excludes halogenated alkanes) is 1. The summed E-state index contributed by atoms with van der Waals surface area (Å²) in [7, 11) is 1.37. The topological polar surface area (TPSA) is 83.8 Å². The van der Waals surface area contributed by atoms with Crippen LogP contribution >= 0.6 is 24.2 Å². The molecule has 0 radical (unpaired) electrons. The number of allylic oxidation sites excluding steroid dienone is 3. The van der Waals surface area contributed by atoms with Crippen molar-refractivity contribution in [3.8, 4) is 0 Å². The lowest BCUT2D eigenvalue weighted by atomic mass is 9.86. The van der Waals surface area contributed by atoms with Gasteiger partial charge in [-0.2, -0.15) is 0 Å². The van der Waals surface area contributed by atoms with Gasteiger partial charge in [-0.05, 0) is 38.2 Å². The van der Waals surface area contributed by atoms with Crippen molar-refractivity contribution in [3.05, 3.63) is 60.2 Å². The molecule has 2 N–H and O–H groups in total. The van der Waals surface area contributed by atoms with E-state index in [0.717, 1.165) is 16.9 Å². The Kier molecular flexibility index (Phi) is 11.8. The molecular formula is C28H37ClO5S. The van der Waals surface area contributed by atoms with Crippen molar-refractivity contribution in [2.24, 2.45) is 17.3 Å². The van der Waals surface area contributed by atoms with Gasteiger partial charge >= 0.3 is 5.97 Å². The van der Waals surface area contributed by atoms with Crippen molar-refractivity contribution in [2.75, 3.05) is 7.11 Å². The third-order valence-electron chi connectivity index (χ3n) is 6.58. The van der Waals surface area contributed by atoms with E-state index in [1.54, 1.807) is 26.0 Å². The van der Waals surface area contributed by atoms with Crippen molar-refractivity contribution in [2.45, 2.75) is 69.5 Å². The third kappa shape index (κ3) is 8.35. The van der Waals surface area contributed by atoms with E-state index in [0.29, 0.717) is 37.1 Å². The maximum absolute atomic E-state index is 13.0. The molecule has 1 aromatic carbocycles. The molecule has 1 aromatic rings. The van der Waals surface area contributed by atoms with Crippen LogP contribution in [0.2, 0.25) is 0 Å². The van der Waals surface area contributed by atoms with Gasteiger partial charge in [-0.25, -0.2) is 0 Å². The number of aliphatic hydroxyl groups excluding tert-OH is 2. The molecule has 0 saturated heterocycles. The molecule has 0 aromatic heterocycles. The number of benzene rings is 1. The van der Waals surface area contributed by atoms with Crippen LogP contribution in [0.5, 0.6) is 0 Å². The molecule has 1 saturated carbocycles. The van der Waals surface area contributed by atoms with E-state index in [1.165, 1.54) is 7.11 Å². The maximum Gasteiger partial charge on any atom is 0.305 e. The van der Waals surface area contributed by atoms with E-state index < -0.39 is 17.6 Å². The number of esters is 1. The third-order valence-corrected chi connectivity index (χ3v) is 7.33. The highest BCUT2D eigenvalue weighted by molar-refractivity contribution is 7.80. The highest BCUT2D eigenvalue weighted by Gasteiger charge is 2.52. The minimum absolute atomic E-state index is 0.0217. The van der Waals surface area contributed by atoms with Gasteiger partial charge < -0.3 is 14.9 Å². The number of carbonyl (C=O) groups excluding carboxylic acids is 2. The van der Waals surface area contributed by atoms with Crippen molar-refractivity contribution < 1.29 is 24.5 Å². The average molecular weight is 521 g/mol. The normalized spacial score (nSPS) is 23.3. The van der Waals surface area contributed by atoms with E-state index in [9.17, 15) is 19.8 Å². The highest BCUT2D eigenvalue weighted by atomic mass is 35.5. The fraction of sp³-hybridized carbons (Fsp3) is 0.500. The lowest BCUT2D eigenvalue weighted by molar-refractivity contribution is -0.140. The van der Waals surface area contributed by atoms with E-state index in [1.807, 2.05) is 42.5 Å². The lowest BCUT2D eigenvalue weighted by Gasteiger charge is -2.22. The largest absolute Gasteiger partial charge is 0.469 e. The van der Waals surface area contributed by atoms with Crippen LogP contribution in [0, 0.1) is 17.3 Å². The van der Waals surface area contributed by atoms with E-state index >= 15 is 0 Å². The number of Topliss-reactive ketones (excluding diaryl/α,β-unsaturated/α-hetero) is 1. The summed E-state index contributed by atoms with van der Waals surface area (Å²) in [4.78, 5) is 25.0. The van der Waals surface area contributed by atoms with Crippen LogP contribution in [0.1, 0.15) is 57.9 Å². The van der Waals surface area contributed by atoms with Crippen molar-refractivity contribution in [3.63, 3.8) is 0 Å². The molecule has 1 fully saturated rings. The van der Waals surface area contributed by atoms with E-state index in [-0.39, 0.29) is 23.6 Å². The van der Waals surface area contributed by atoms with Crippen LogP contribution in [0.25, 0.3) is 5.03 Å². The second-order valence-electron chi connectivity index (χ2n) is 9.49. The van der Waals surface area contributed by atoms with Crippen molar-refractivity contribution in [1.82, 2.24) is 0 Å². The Morgan fingerprint density at radius 3 is 2.66 bits per heavy atom. The smallest absolute Gasteiger partial charge is 0.305 e. The number of carbonyl (C=O) groups is 2. The van der Waals surface area contributed by atoms with Crippen LogP contribution in [0.3, 0.4) is 0 Å². The summed E-state index contributed by atoms with van der Waals surface area (Å²) < 4.78 is 4.63. The number of hydrogen-bond donors (Lipinski definition) is 3. The molecule has 0 bridgehead atoms. The van der Waals surface area contributed by atoms with E-state index in [2.05, 4.69) is 17.4 Å². The zero-order chi connectivity index (χ0) is 26.0. The molecule has 5 nitrogen and oxygen atoms in total. The van der Waals surface area contributed by atoms with Crippen LogP contribution in [-0.2, 0) is 14.3 Å². The zero-order valence-corrected chi connectivity index (χ0v) is 22.3. The highest BCUT2D eigenvalue weighted by Crippen LogP contribution is 2.44. The lowest BCUT2D eigenvalue weighted by Crippen LogP contribution is -2.31. The Balaban J connectivity index is 1.94. The quantitative estimate of drug-likeness (QED) is 0.141. The molecule has 0 amide bonds. The van der Waals surface area contributed by atoms with Crippen LogP contribution in [-0.4, -0.2) is 41.3 Å². The first-order chi connectivity index (χ1) is 16.6. The number of methoxy groups -OCH3 is 1. The summed E-state index contributed by atoms with van der Waals surface area (Å²) in [6.07, 6.45) is 11.0. The Morgan fingerprint density at radius 2 is 1.97 bits per heavy atom. The molecule has 2 rings (SSSR count). The molecule has 35 heavy (non-hydrogen) atoms. The van der Waals surface area contributed by atoms with Gasteiger partial charge in [0.1, 0.15) is 5.78 Å². The summed E-state index contributed by atoms with van der Waals surface area (Å²) in [5, 5.41) is 21.9. The second-order valence-corrected chi connectivity index (χ2v) is 10.4. The fourth-order valence-electron chi connectivity index (χ4n) is 4.35. The standard InChI is InChI=1S/C28H37ClO5S/c1-28(2)26(32)20(12-6-4-5-7-16-25(31)34-3)21(27(28)33)18-17-19(30)11-10-14-23(29)22-13-8-9-15-24(22)35/h4,6,8-9,13-15,17-21,27,30,33,35H,5,7,10-12,16H2,1-3H3/b6-4-,18-17+,23-14-/t19-,20-,21-,27+/m1/s1. The van der Waals surface area contributed by atoms with Gasteiger partial charge in [0.2, 0.25) is 0 Å². The van der Waals surface area contributed by atoms with Crippen LogP contribution < -0.4 is 0 Å². The second kappa shape index (κ2) is 14.0. The summed E-state index contributed by atoms with van der Waals surface area (Å²) in [6.45, 7) is 3.53. The number of ether oxygens (including phenoxy) is 1. The Bertz CT molecular complexity index is 952. The Labute approximate surface area is 219 Å². The predicted octanol–water partition coefficient (Wildman–Crippen LogP) is 5.74. The van der Waals surface area contributed by atoms with Gasteiger partial charge in [-0.1, -0.05) is 74.0 Å². The van der Waals surface area contributed by atoms with Gasteiger partial charge in [-0.3, -0.25) is 9.59 Å². The molecule has 7 heteroatoms. The molecule has 4 atom stereocenters. The number of aliphatic hydroxyl groups is 2. The molecule has 1 aliphatic carbocycles. The summed E-state index contributed by atoms with van der Waals surface area (Å²) in [5.41, 5.74) is -0.00148. The predicted molar refractivity (Wildman–Crippen MR) is 143 cm³/mol. The van der Waals surface area contributed by atoms with E-state index in [4.69, 9.17) is 11.6 Å². The molecule has 1 aliphatic rings. The monoisotopic (exact) mass is 520 g/mol. The summed E-state index contributed by atoms with van der Waals surface area (Å²) in [5.74, 6) is -0.945. The summed E-state index contributed by atoms with van der Waals surface area (Å²) >= 11 is 10.8. The van der Waals surface area contributed by atoms with Crippen molar-refractivity contribution >= 4 is 41.0 Å². The molecule has 0 unspecified atom stereocenters. The molecule has 192 valence electrons. The molecule has 0 aliphatic heterocycles. The average Bonchev–Trinajstić information content (AvgIpc) is 2.99. The van der Waals surface area contributed by atoms with Gasteiger partial charge in [0.05, 0.1) is 24.7 Å². The minimum atomic E-state index is -0.847. The van der Waals surface area contributed by atoms with Gasteiger partial charge in [-0.15, -0.1) is 12.6 Å². The number of ketones is 1. The fourth-order valence-corrected chi connectivity index (χ4v) is 4.97. The van der Waals surface area contributed by atoms with Gasteiger partial charge in [0, 0.05) is 33.7 Å². The zero-order valence-electron chi connectivity index (χ0n) is 20.7. The first-order valence-electron chi connectivity index (χ1n) is 12.0. The number of rotatable bonds is 12. The van der Waals surface area contributed by atoms with Crippen LogP contribution in [0.15, 0.2) is 59.5 Å². The summed E-state index contributed by atoms with van der Waals surface area (Å²) in [6, 6.07) is 7.55. The number of halogens is 1. The molecule has 0 spiro atoms. The maximum atomic E-state index is 13.0. The first-order valence-corrected chi connectivity index (χ1v) is 12.9.